The van der Waals surface area contributed by atoms with Crippen LogP contribution in [-0.4, -0.2) is 38.0 Å². The van der Waals surface area contributed by atoms with Gasteiger partial charge in [0.2, 0.25) is 0 Å². The average Bonchev–Trinajstić information content (AvgIpc) is 3.36. The van der Waals surface area contributed by atoms with Crippen molar-refractivity contribution in [2.45, 2.75) is 18.9 Å². The molecule has 0 bridgehead atoms. The standard InChI is InChI=1S/C26H26N2O4/c29-26(28-18-25-7-4-16-30-25)19-31-22-12-8-20(9-13-22)17-27-21-10-14-24(15-11-21)32-23-5-2-1-3-6-23/h1-3,5-6,8-15,17,25H,4,7,16,18-19H2,(H,28,29)/t25-/m0/s1. The molecule has 1 aliphatic heterocycles. The minimum absolute atomic E-state index is 0.0163. The fourth-order valence-corrected chi connectivity index (χ4v) is 3.26. The number of para-hydroxylation sites is 1. The van der Waals surface area contributed by atoms with Crippen LogP contribution in [0.4, 0.5) is 5.69 Å². The number of amides is 1. The molecule has 1 fully saturated rings. The van der Waals surface area contributed by atoms with Gasteiger partial charge in [0.05, 0.1) is 11.8 Å². The van der Waals surface area contributed by atoms with Crippen molar-refractivity contribution in [2.75, 3.05) is 19.8 Å². The lowest BCUT2D eigenvalue weighted by Crippen LogP contribution is -2.35. The van der Waals surface area contributed by atoms with Crippen molar-refractivity contribution in [1.82, 2.24) is 5.32 Å². The molecule has 0 aromatic heterocycles. The van der Waals surface area contributed by atoms with Crippen molar-refractivity contribution in [3.8, 4) is 17.2 Å². The maximum absolute atomic E-state index is 11.9. The summed E-state index contributed by atoms with van der Waals surface area (Å²) >= 11 is 0. The second kappa shape index (κ2) is 11.1. The lowest BCUT2D eigenvalue weighted by Gasteiger charge is -2.11. The van der Waals surface area contributed by atoms with Crippen molar-refractivity contribution >= 4 is 17.8 Å². The molecule has 32 heavy (non-hydrogen) atoms. The second-order valence-corrected chi connectivity index (χ2v) is 7.46. The molecule has 3 aromatic carbocycles. The highest BCUT2D eigenvalue weighted by Gasteiger charge is 2.16. The highest BCUT2D eigenvalue weighted by atomic mass is 16.5. The zero-order chi connectivity index (χ0) is 22.0. The molecule has 1 amide bonds. The molecule has 3 aromatic rings. The molecule has 0 unspecified atom stereocenters. The van der Waals surface area contributed by atoms with Gasteiger partial charge in [-0.3, -0.25) is 9.79 Å². The number of benzene rings is 3. The summed E-state index contributed by atoms with van der Waals surface area (Å²) in [5.74, 6) is 2.05. The van der Waals surface area contributed by atoms with E-state index >= 15 is 0 Å². The van der Waals surface area contributed by atoms with Crippen molar-refractivity contribution in [2.24, 2.45) is 4.99 Å². The monoisotopic (exact) mass is 430 g/mol. The van der Waals surface area contributed by atoms with Crippen LogP contribution >= 0.6 is 0 Å². The highest BCUT2D eigenvalue weighted by molar-refractivity contribution is 5.82. The third-order valence-electron chi connectivity index (χ3n) is 4.98. The van der Waals surface area contributed by atoms with Gasteiger partial charge in [0.1, 0.15) is 17.2 Å². The van der Waals surface area contributed by atoms with E-state index in [9.17, 15) is 4.79 Å². The summed E-state index contributed by atoms with van der Waals surface area (Å²) in [6.45, 7) is 1.30. The number of carbonyl (C=O) groups excluding carboxylic acids is 1. The Labute approximate surface area is 187 Å². The van der Waals surface area contributed by atoms with Gasteiger partial charge in [0.25, 0.3) is 5.91 Å². The van der Waals surface area contributed by atoms with Gasteiger partial charge in [-0.15, -0.1) is 0 Å². The summed E-state index contributed by atoms with van der Waals surface area (Å²) in [5.41, 5.74) is 1.76. The van der Waals surface area contributed by atoms with E-state index < -0.39 is 0 Å². The molecule has 0 radical (unpaired) electrons. The third kappa shape index (κ3) is 6.68. The van der Waals surface area contributed by atoms with Crippen LogP contribution in [0, 0.1) is 0 Å². The quantitative estimate of drug-likeness (QED) is 0.490. The van der Waals surface area contributed by atoms with Gasteiger partial charge in [-0.05, 0) is 79.1 Å². The van der Waals surface area contributed by atoms with E-state index in [4.69, 9.17) is 14.2 Å². The number of ether oxygens (including phenoxy) is 3. The van der Waals surface area contributed by atoms with Crippen molar-refractivity contribution < 1.29 is 19.0 Å². The predicted molar refractivity (Wildman–Crippen MR) is 124 cm³/mol. The Hall–Kier alpha value is -3.64. The first-order chi connectivity index (χ1) is 15.7. The lowest BCUT2D eigenvalue weighted by molar-refractivity contribution is -0.123. The van der Waals surface area contributed by atoms with Crippen LogP contribution in [0.5, 0.6) is 17.2 Å². The van der Waals surface area contributed by atoms with Crippen LogP contribution in [-0.2, 0) is 9.53 Å². The van der Waals surface area contributed by atoms with Gasteiger partial charge in [0.15, 0.2) is 6.61 Å². The van der Waals surface area contributed by atoms with Crippen molar-refractivity contribution in [1.29, 1.82) is 0 Å². The van der Waals surface area contributed by atoms with E-state index in [0.717, 1.165) is 42.2 Å². The molecule has 0 spiro atoms. The van der Waals surface area contributed by atoms with Gasteiger partial charge >= 0.3 is 0 Å². The Morgan fingerprint density at radius 3 is 2.41 bits per heavy atom. The SMILES string of the molecule is O=C(COc1ccc(C=Nc2ccc(Oc3ccccc3)cc2)cc1)NC[C@@H]1CCCO1. The van der Waals surface area contributed by atoms with Crippen LogP contribution in [0.2, 0.25) is 0 Å². The topological polar surface area (TPSA) is 69.2 Å². The van der Waals surface area contributed by atoms with Crippen LogP contribution in [0.1, 0.15) is 18.4 Å². The minimum Gasteiger partial charge on any atom is -0.484 e. The van der Waals surface area contributed by atoms with E-state index in [2.05, 4.69) is 10.3 Å². The van der Waals surface area contributed by atoms with Gasteiger partial charge < -0.3 is 19.5 Å². The summed E-state index contributed by atoms with van der Waals surface area (Å²) in [6.07, 6.45) is 3.96. The molecule has 6 heteroatoms. The number of nitrogens with one attached hydrogen (secondary N) is 1. The highest BCUT2D eigenvalue weighted by Crippen LogP contribution is 2.23. The van der Waals surface area contributed by atoms with Crippen LogP contribution in [0.3, 0.4) is 0 Å². The Morgan fingerprint density at radius 2 is 1.69 bits per heavy atom. The van der Waals surface area contributed by atoms with Crippen molar-refractivity contribution in [3.63, 3.8) is 0 Å². The Morgan fingerprint density at radius 1 is 0.969 bits per heavy atom. The van der Waals surface area contributed by atoms with Crippen molar-refractivity contribution in [3.05, 3.63) is 84.4 Å². The maximum Gasteiger partial charge on any atom is 0.258 e. The summed E-state index contributed by atoms with van der Waals surface area (Å²) < 4.78 is 16.8. The summed E-state index contributed by atoms with van der Waals surface area (Å²) in [5, 5.41) is 2.84. The predicted octanol–water partition coefficient (Wildman–Crippen LogP) is 4.90. The zero-order valence-electron chi connectivity index (χ0n) is 17.8. The minimum atomic E-state index is -0.147. The van der Waals surface area contributed by atoms with Crippen LogP contribution < -0.4 is 14.8 Å². The molecule has 6 nitrogen and oxygen atoms in total. The largest absolute Gasteiger partial charge is 0.484 e. The molecule has 4 rings (SSSR count). The molecule has 1 heterocycles. The molecule has 1 atom stereocenters. The number of carbonyl (C=O) groups is 1. The van der Waals surface area contributed by atoms with Gasteiger partial charge in [-0.2, -0.15) is 0 Å². The fourth-order valence-electron chi connectivity index (χ4n) is 3.26. The third-order valence-corrected chi connectivity index (χ3v) is 4.98. The molecule has 1 N–H and O–H groups in total. The zero-order valence-corrected chi connectivity index (χ0v) is 17.8. The van der Waals surface area contributed by atoms with E-state index in [0.29, 0.717) is 12.3 Å². The molecule has 164 valence electrons. The molecular formula is C26H26N2O4. The lowest BCUT2D eigenvalue weighted by atomic mass is 10.2. The first kappa shape index (κ1) is 21.6. The van der Waals surface area contributed by atoms with Crippen LogP contribution in [0.25, 0.3) is 0 Å². The van der Waals surface area contributed by atoms with E-state index in [1.165, 1.54) is 0 Å². The first-order valence-corrected chi connectivity index (χ1v) is 10.7. The second-order valence-electron chi connectivity index (χ2n) is 7.46. The fraction of sp³-hybridized carbons (Fsp3) is 0.231. The molecule has 0 saturated carbocycles. The molecule has 1 aliphatic rings. The maximum atomic E-state index is 11.9. The Bertz CT molecular complexity index is 1010. The number of hydrogen-bond donors (Lipinski definition) is 1. The summed E-state index contributed by atoms with van der Waals surface area (Å²) in [6, 6.07) is 24.7. The normalized spacial score (nSPS) is 15.6. The van der Waals surface area contributed by atoms with Gasteiger partial charge in [0, 0.05) is 19.4 Å². The molecular weight excluding hydrogens is 404 g/mol. The average molecular weight is 431 g/mol. The Balaban J connectivity index is 1.22. The molecule has 1 saturated heterocycles. The number of aliphatic imine (C=N–C) groups is 1. The number of nitrogens with zero attached hydrogens (tertiary/aromatic N) is 1. The van der Waals surface area contributed by atoms with E-state index in [1.807, 2.05) is 78.9 Å². The van der Waals surface area contributed by atoms with Crippen LogP contribution in [0.15, 0.2) is 83.9 Å². The van der Waals surface area contributed by atoms with E-state index in [1.54, 1.807) is 6.21 Å². The van der Waals surface area contributed by atoms with Gasteiger partial charge in [-0.25, -0.2) is 0 Å². The van der Waals surface area contributed by atoms with E-state index in [-0.39, 0.29) is 18.6 Å². The Kier molecular flexibility index (Phi) is 7.50. The summed E-state index contributed by atoms with van der Waals surface area (Å²) in [4.78, 5) is 16.4. The first-order valence-electron chi connectivity index (χ1n) is 10.7. The molecule has 0 aliphatic carbocycles. The summed E-state index contributed by atoms with van der Waals surface area (Å²) in [7, 11) is 0. The number of hydrogen-bond acceptors (Lipinski definition) is 5. The number of rotatable bonds is 9. The smallest absolute Gasteiger partial charge is 0.258 e. The van der Waals surface area contributed by atoms with Gasteiger partial charge in [-0.1, -0.05) is 18.2 Å².